The first-order valence-electron chi connectivity index (χ1n) is 12.9. The van der Waals surface area contributed by atoms with Gasteiger partial charge < -0.3 is 4.90 Å². The van der Waals surface area contributed by atoms with Crippen LogP contribution in [0.15, 0.2) is 152 Å². The highest BCUT2D eigenvalue weighted by molar-refractivity contribution is 7.21. The van der Waals surface area contributed by atoms with E-state index in [4.69, 9.17) is 4.98 Å². The number of para-hydroxylation sites is 2. The Bertz CT molecular complexity index is 1630. The molecule has 0 spiro atoms. The van der Waals surface area contributed by atoms with Crippen molar-refractivity contribution in [3.05, 3.63) is 152 Å². The van der Waals surface area contributed by atoms with Crippen molar-refractivity contribution in [2.24, 2.45) is 0 Å². The van der Waals surface area contributed by atoms with E-state index >= 15 is 0 Å². The van der Waals surface area contributed by atoms with Gasteiger partial charge in [0.05, 0.1) is 11.4 Å². The number of aromatic nitrogens is 2. The molecule has 6 aromatic rings. The van der Waals surface area contributed by atoms with Crippen LogP contribution in [0.1, 0.15) is 0 Å². The number of benzene rings is 4. The summed E-state index contributed by atoms with van der Waals surface area (Å²) >= 11 is 0. The Balaban J connectivity index is 1.60. The highest BCUT2D eigenvalue weighted by Gasteiger charge is 2.48. The van der Waals surface area contributed by atoms with Gasteiger partial charge in [0.25, 0.3) is 0 Å². The highest BCUT2D eigenvalue weighted by Crippen LogP contribution is 2.41. The van der Waals surface area contributed by atoms with E-state index in [-0.39, 0.29) is 0 Å². The van der Waals surface area contributed by atoms with Gasteiger partial charge >= 0.3 is 0 Å². The molecule has 0 aliphatic carbocycles. The monoisotopic (exact) mass is 503 g/mol. The lowest BCUT2D eigenvalue weighted by Crippen LogP contribution is -2.77. The van der Waals surface area contributed by atoms with Crippen LogP contribution in [-0.2, 0) is 0 Å². The van der Waals surface area contributed by atoms with Gasteiger partial charge in [0.2, 0.25) is 0 Å². The van der Waals surface area contributed by atoms with Crippen LogP contribution >= 0.6 is 0 Å². The first-order chi connectivity index (χ1) is 18.9. The molecule has 0 radical (unpaired) electrons. The van der Waals surface area contributed by atoms with E-state index in [1.54, 1.807) is 0 Å². The van der Waals surface area contributed by atoms with Crippen molar-refractivity contribution in [3.8, 4) is 11.4 Å². The second-order valence-electron chi connectivity index (χ2n) is 9.44. The fourth-order valence-corrected chi connectivity index (χ4v) is 11.1. The first-order valence-corrected chi connectivity index (χ1v) is 14.9. The molecule has 0 fully saturated rings. The van der Waals surface area contributed by atoms with E-state index in [2.05, 4.69) is 125 Å². The average Bonchev–Trinajstić information content (AvgIpc) is 3.01. The van der Waals surface area contributed by atoms with Crippen LogP contribution in [-0.4, -0.2) is 18.0 Å². The third kappa shape index (κ3) is 3.35. The SMILES string of the molecule is c1ccc([Si]2(c3ccccc3)c3ccccc3N(c3cccnc3-c3ccccn3)c3ccccc32)cc1. The number of nitrogens with zero attached hydrogens (tertiary/aromatic N) is 3. The predicted molar refractivity (Wildman–Crippen MR) is 159 cm³/mol. The number of hydrogen-bond donors (Lipinski definition) is 0. The van der Waals surface area contributed by atoms with Gasteiger partial charge in [-0.05, 0) is 57.1 Å². The number of rotatable bonds is 4. The van der Waals surface area contributed by atoms with Crippen molar-refractivity contribution in [1.29, 1.82) is 0 Å². The van der Waals surface area contributed by atoms with Crippen LogP contribution in [0, 0.1) is 0 Å². The Morgan fingerprint density at radius 2 is 0.921 bits per heavy atom. The quantitative estimate of drug-likeness (QED) is 0.305. The van der Waals surface area contributed by atoms with Crippen LogP contribution in [0.3, 0.4) is 0 Å². The second-order valence-corrected chi connectivity index (χ2v) is 13.2. The average molecular weight is 504 g/mol. The van der Waals surface area contributed by atoms with E-state index in [0.29, 0.717) is 0 Å². The molecule has 0 amide bonds. The Morgan fingerprint density at radius 3 is 1.50 bits per heavy atom. The molecule has 2 aromatic heterocycles. The standard InChI is InChI=1S/C34H25N3Si/c1-3-14-26(15-4-1)38(27-16-5-2-6-17-27)32-22-9-7-19-29(32)37(30-20-8-10-23-33(30)38)31-21-13-25-36-34(31)28-18-11-12-24-35-28/h1-25H. The summed E-state index contributed by atoms with van der Waals surface area (Å²) in [6, 6.07) is 50.1. The van der Waals surface area contributed by atoms with Gasteiger partial charge in [-0.25, -0.2) is 0 Å². The Hall–Kier alpha value is -4.80. The molecule has 4 aromatic carbocycles. The molecule has 0 saturated heterocycles. The molecular weight excluding hydrogens is 478 g/mol. The summed E-state index contributed by atoms with van der Waals surface area (Å²) in [5.74, 6) is 0. The van der Waals surface area contributed by atoms with Gasteiger partial charge in [0.15, 0.2) is 8.07 Å². The molecule has 3 nitrogen and oxygen atoms in total. The zero-order valence-electron chi connectivity index (χ0n) is 20.8. The van der Waals surface area contributed by atoms with E-state index in [1.165, 1.54) is 32.1 Å². The maximum atomic E-state index is 4.83. The summed E-state index contributed by atoms with van der Waals surface area (Å²) in [6.07, 6.45) is 3.68. The summed E-state index contributed by atoms with van der Waals surface area (Å²) in [5.41, 5.74) is 5.13. The Morgan fingerprint density at radius 1 is 0.421 bits per heavy atom. The first kappa shape index (κ1) is 22.4. The number of hydrogen-bond acceptors (Lipinski definition) is 3. The summed E-state index contributed by atoms with van der Waals surface area (Å²) in [6.45, 7) is 0. The van der Waals surface area contributed by atoms with E-state index in [0.717, 1.165) is 17.1 Å². The maximum absolute atomic E-state index is 4.83. The Labute approximate surface area is 223 Å². The fourth-order valence-electron chi connectivity index (χ4n) is 5.95. The topological polar surface area (TPSA) is 29.0 Å². The lowest BCUT2D eigenvalue weighted by molar-refractivity contribution is 1.20. The molecule has 1 aliphatic heterocycles. The van der Waals surface area contributed by atoms with Crippen LogP contribution in [0.25, 0.3) is 11.4 Å². The molecule has 0 atom stereocenters. The number of anilines is 3. The van der Waals surface area contributed by atoms with Gasteiger partial charge in [-0.3, -0.25) is 9.97 Å². The van der Waals surface area contributed by atoms with Crippen LogP contribution < -0.4 is 25.6 Å². The summed E-state index contributed by atoms with van der Waals surface area (Å²) < 4.78 is 0. The smallest absolute Gasteiger partial charge is 0.184 e. The van der Waals surface area contributed by atoms with Crippen molar-refractivity contribution in [2.45, 2.75) is 0 Å². The van der Waals surface area contributed by atoms with Crippen molar-refractivity contribution in [1.82, 2.24) is 9.97 Å². The Kier molecular flexibility index (Phi) is 5.45. The molecule has 0 unspecified atom stereocenters. The summed E-state index contributed by atoms with van der Waals surface area (Å²) in [4.78, 5) is 11.9. The van der Waals surface area contributed by atoms with Gasteiger partial charge in [0, 0.05) is 23.8 Å². The van der Waals surface area contributed by atoms with Crippen LogP contribution in [0.4, 0.5) is 17.1 Å². The van der Waals surface area contributed by atoms with Gasteiger partial charge in [-0.2, -0.15) is 0 Å². The summed E-state index contributed by atoms with van der Waals surface area (Å²) in [5, 5.41) is 5.49. The van der Waals surface area contributed by atoms with Gasteiger partial charge in [0.1, 0.15) is 5.69 Å². The summed E-state index contributed by atoms with van der Waals surface area (Å²) in [7, 11) is -2.63. The van der Waals surface area contributed by atoms with Crippen LogP contribution in [0.5, 0.6) is 0 Å². The molecule has 4 heteroatoms. The minimum absolute atomic E-state index is 0.860. The maximum Gasteiger partial charge on any atom is 0.184 e. The van der Waals surface area contributed by atoms with Crippen molar-refractivity contribution in [3.63, 3.8) is 0 Å². The van der Waals surface area contributed by atoms with E-state index < -0.39 is 8.07 Å². The highest BCUT2D eigenvalue weighted by atomic mass is 28.3. The fraction of sp³-hybridized carbons (Fsp3) is 0. The molecule has 7 rings (SSSR count). The minimum atomic E-state index is -2.63. The normalized spacial score (nSPS) is 13.4. The number of fused-ring (bicyclic) bond motifs is 2. The lowest BCUT2D eigenvalue weighted by Gasteiger charge is -2.45. The van der Waals surface area contributed by atoms with E-state index in [9.17, 15) is 0 Å². The van der Waals surface area contributed by atoms with Crippen molar-refractivity contribution >= 4 is 45.9 Å². The van der Waals surface area contributed by atoms with E-state index in [1.807, 2.05) is 36.7 Å². The lowest BCUT2D eigenvalue weighted by atomic mass is 10.1. The largest absolute Gasteiger partial charge is 0.308 e. The number of pyridine rings is 2. The third-order valence-corrected chi connectivity index (χ3v) is 12.3. The third-order valence-electron chi connectivity index (χ3n) is 7.45. The van der Waals surface area contributed by atoms with Crippen LogP contribution in [0.2, 0.25) is 0 Å². The molecule has 180 valence electrons. The molecule has 1 aliphatic rings. The second kappa shape index (κ2) is 9.25. The van der Waals surface area contributed by atoms with Crippen molar-refractivity contribution < 1.29 is 0 Å². The molecule has 0 saturated carbocycles. The molecule has 0 bridgehead atoms. The molecule has 3 heterocycles. The molecule has 0 N–H and O–H groups in total. The molecular formula is C34H25N3Si. The zero-order chi connectivity index (χ0) is 25.4. The predicted octanol–water partition coefficient (Wildman–Crippen LogP) is 5.30. The van der Waals surface area contributed by atoms with Gasteiger partial charge in [-0.15, -0.1) is 0 Å². The van der Waals surface area contributed by atoms with Crippen molar-refractivity contribution in [2.75, 3.05) is 4.90 Å². The van der Waals surface area contributed by atoms with Gasteiger partial charge in [-0.1, -0.05) is 103 Å². The zero-order valence-corrected chi connectivity index (χ0v) is 21.8. The minimum Gasteiger partial charge on any atom is -0.308 e. The molecule has 38 heavy (non-hydrogen) atoms.